The number of amides is 1. The van der Waals surface area contributed by atoms with E-state index in [0.717, 1.165) is 32.7 Å². The second-order valence-corrected chi connectivity index (χ2v) is 7.47. The first kappa shape index (κ1) is 19.1. The summed E-state index contributed by atoms with van der Waals surface area (Å²) in [5.41, 5.74) is 5.68. The molecule has 0 saturated carbocycles. The molecule has 0 radical (unpaired) electrons. The van der Waals surface area contributed by atoms with Crippen LogP contribution in [0.15, 0.2) is 28.9 Å². The van der Waals surface area contributed by atoms with Crippen molar-refractivity contribution in [2.45, 2.75) is 33.6 Å². The Balaban J connectivity index is 1.82. The average Bonchev–Trinajstić information content (AvgIpc) is 3.03. The first-order valence-corrected chi connectivity index (χ1v) is 9.39. The number of hydrogen-bond donors (Lipinski definition) is 0. The van der Waals surface area contributed by atoms with Crippen LogP contribution in [-0.2, 0) is 11.2 Å². The fraction of sp³-hybridized carbons (Fsp3) is 0.300. The molecule has 0 bridgehead atoms. The number of rotatable bonds is 4. The van der Waals surface area contributed by atoms with Gasteiger partial charge in [0.2, 0.25) is 5.91 Å². The predicted molar refractivity (Wildman–Crippen MR) is 108 cm³/mol. The minimum atomic E-state index is 0.0394. The van der Waals surface area contributed by atoms with Crippen LogP contribution >= 0.6 is 15.9 Å². The summed E-state index contributed by atoms with van der Waals surface area (Å²) in [5.74, 6) is 0.0394. The van der Waals surface area contributed by atoms with Gasteiger partial charge in [-0.2, -0.15) is 10.4 Å². The van der Waals surface area contributed by atoms with Crippen molar-refractivity contribution in [1.29, 1.82) is 5.26 Å². The van der Waals surface area contributed by atoms with E-state index >= 15 is 0 Å². The maximum absolute atomic E-state index is 12.7. The number of carbonyl (C=O) groups excluding carboxylic acids is 1. The standard InChI is InChI=1S/C20H20BrN5O/c1-12-9-16(21)5-7-18(12)25(4)19(27)8-6-17-13(2)24-20-15(10-22)11-23-26(20)14(17)3/h5,7,9,11H,6,8H2,1-4H3. The van der Waals surface area contributed by atoms with Gasteiger partial charge in [-0.15, -0.1) is 0 Å². The first-order chi connectivity index (χ1) is 12.8. The molecule has 0 aliphatic rings. The molecule has 0 N–H and O–H groups in total. The van der Waals surface area contributed by atoms with Gasteiger partial charge in [-0.1, -0.05) is 15.9 Å². The topological polar surface area (TPSA) is 74.3 Å². The van der Waals surface area contributed by atoms with Gasteiger partial charge in [0.1, 0.15) is 11.6 Å². The minimum absolute atomic E-state index is 0.0394. The molecular weight excluding hydrogens is 406 g/mol. The number of aromatic nitrogens is 3. The zero-order valence-electron chi connectivity index (χ0n) is 15.7. The van der Waals surface area contributed by atoms with E-state index in [4.69, 9.17) is 5.26 Å². The number of anilines is 1. The number of nitrogens with zero attached hydrogens (tertiary/aromatic N) is 5. The van der Waals surface area contributed by atoms with Crippen molar-refractivity contribution in [3.63, 3.8) is 0 Å². The fourth-order valence-corrected chi connectivity index (χ4v) is 3.76. The van der Waals surface area contributed by atoms with Crippen molar-refractivity contribution in [2.24, 2.45) is 0 Å². The predicted octanol–water partition coefficient (Wildman–Crippen LogP) is 3.88. The lowest BCUT2D eigenvalue weighted by Gasteiger charge is -2.20. The van der Waals surface area contributed by atoms with Crippen LogP contribution in [0, 0.1) is 32.1 Å². The van der Waals surface area contributed by atoms with E-state index in [0.29, 0.717) is 24.1 Å². The summed E-state index contributed by atoms with van der Waals surface area (Å²) in [7, 11) is 1.80. The lowest BCUT2D eigenvalue weighted by atomic mass is 10.1. The zero-order chi connectivity index (χ0) is 19.7. The summed E-state index contributed by atoms with van der Waals surface area (Å²) in [5, 5.41) is 13.4. The van der Waals surface area contributed by atoms with Crippen LogP contribution in [-0.4, -0.2) is 27.6 Å². The Kier molecular flexibility index (Phi) is 5.29. The van der Waals surface area contributed by atoms with Gasteiger partial charge in [-0.25, -0.2) is 9.50 Å². The van der Waals surface area contributed by atoms with Gasteiger partial charge in [0.25, 0.3) is 0 Å². The molecular formula is C20H20BrN5O. The number of nitriles is 1. The quantitative estimate of drug-likeness (QED) is 0.635. The van der Waals surface area contributed by atoms with E-state index < -0.39 is 0 Å². The number of fused-ring (bicyclic) bond motifs is 1. The molecule has 2 heterocycles. The summed E-state index contributed by atoms with van der Waals surface area (Å²) in [6.07, 6.45) is 2.46. The first-order valence-electron chi connectivity index (χ1n) is 8.60. The number of aryl methyl sites for hydroxylation is 3. The van der Waals surface area contributed by atoms with Gasteiger partial charge >= 0.3 is 0 Å². The number of halogens is 1. The maximum Gasteiger partial charge on any atom is 0.227 e. The van der Waals surface area contributed by atoms with Gasteiger partial charge in [-0.05, 0) is 56.5 Å². The average molecular weight is 426 g/mol. The van der Waals surface area contributed by atoms with Gasteiger partial charge < -0.3 is 4.90 Å². The van der Waals surface area contributed by atoms with Crippen molar-refractivity contribution < 1.29 is 4.79 Å². The highest BCUT2D eigenvalue weighted by Crippen LogP contribution is 2.24. The largest absolute Gasteiger partial charge is 0.315 e. The molecule has 3 rings (SSSR count). The van der Waals surface area contributed by atoms with Gasteiger partial charge in [0.15, 0.2) is 5.65 Å². The third-order valence-corrected chi connectivity index (χ3v) is 5.31. The zero-order valence-corrected chi connectivity index (χ0v) is 17.3. The molecule has 2 aromatic heterocycles. The molecule has 1 aromatic carbocycles. The van der Waals surface area contributed by atoms with Crippen LogP contribution in [0.1, 0.15) is 34.5 Å². The Labute approximate surface area is 166 Å². The van der Waals surface area contributed by atoms with Crippen LogP contribution < -0.4 is 4.90 Å². The summed E-state index contributed by atoms with van der Waals surface area (Å²) in [6, 6.07) is 7.97. The molecule has 0 spiro atoms. The van der Waals surface area contributed by atoms with Crippen LogP contribution in [0.2, 0.25) is 0 Å². The van der Waals surface area contributed by atoms with E-state index in [1.165, 1.54) is 6.20 Å². The summed E-state index contributed by atoms with van der Waals surface area (Å²) in [6.45, 7) is 5.84. The second kappa shape index (κ2) is 7.49. The molecule has 6 nitrogen and oxygen atoms in total. The minimum Gasteiger partial charge on any atom is -0.315 e. The number of hydrogen-bond acceptors (Lipinski definition) is 4. The summed E-state index contributed by atoms with van der Waals surface area (Å²) < 4.78 is 2.67. The number of carbonyl (C=O) groups is 1. The van der Waals surface area contributed by atoms with Gasteiger partial charge in [0, 0.05) is 35.0 Å². The Morgan fingerprint density at radius 1 is 1.33 bits per heavy atom. The molecule has 0 atom stereocenters. The molecule has 0 aliphatic carbocycles. The Morgan fingerprint density at radius 2 is 2.07 bits per heavy atom. The lowest BCUT2D eigenvalue weighted by molar-refractivity contribution is -0.118. The molecule has 1 amide bonds. The normalized spacial score (nSPS) is 10.8. The van der Waals surface area contributed by atoms with Crippen LogP contribution in [0.5, 0.6) is 0 Å². The van der Waals surface area contributed by atoms with Crippen LogP contribution in [0.25, 0.3) is 5.65 Å². The number of benzene rings is 1. The molecule has 0 unspecified atom stereocenters. The molecule has 0 aliphatic heterocycles. The molecule has 27 heavy (non-hydrogen) atoms. The molecule has 7 heteroatoms. The van der Waals surface area contributed by atoms with E-state index in [9.17, 15) is 4.79 Å². The highest BCUT2D eigenvalue weighted by Gasteiger charge is 2.17. The SMILES string of the molecule is Cc1cc(Br)ccc1N(C)C(=O)CCc1c(C)nc2c(C#N)cnn2c1C. The fourth-order valence-electron chi connectivity index (χ4n) is 3.28. The van der Waals surface area contributed by atoms with Crippen molar-refractivity contribution in [3.05, 3.63) is 56.9 Å². The molecule has 138 valence electrons. The second-order valence-electron chi connectivity index (χ2n) is 6.55. The van der Waals surface area contributed by atoms with Crippen LogP contribution in [0.4, 0.5) is 5.69 Å². The van der Waals surface area contributed by atoms with Crippen molar-refractivity contribution in [2.75, 3.05) is 11.9 Å². The smallest absolute Gasteiger partial charge is 0.227 e. The Bertz CT molecular complexity index is 1080. The van der Waals surface area contributed by atoms with Gasteiger partial charge in [0.05, 0.1) is 6.20 Å². The van der Waals surface area contributed by atoms with E-state index in [1.54, 1.807) is 16.5 Å². The summed E-state index contributed by atoms with van der Waals surface area (Å²) in [4.78, 5) is 18.9. The maximum atomic E-state index is 12.7. The van der Waals surface area contributed by atoms with Crippen molar-refractivity contribution >= 4 is 33.2 Å². The Morgan fingerprint density at radius 3 is 2.74 bits per heavy atom. The highest BCUT2D eigenvalue weighted by molar-refractivity contribution is 9.10. The molecule has 0 fully saturated rings. The third-order valence-electron chi connectivity index (χ3n) is 4.81. The lowest BCUT2D eigenvalue weighted by Crippen LogP contribution is -2.27. The monoisotopic (exact) mass is 425 g/mol. The van der Waals surface area contributed by atoms with Crippen molar-refractivity contribution in [3.8, 4) is 6.07 Å². The van der Waals surface area contributed by atoms with E-state index in [-0.39, 0.29) is 5.91 Å². The highest BCUT2D eigenvalue weighted by atomic mass is 79.9. The van der Waals surface area contributed by atoms with Crippen molar-refractivity contribution in [1.82, 2.24) is 14.6 Å². The van der Waals surface area contributed by atoms with E-state index in [1.807, 2.05) is 39.0 Å². The third kappa shape index (κ3) is 3.58. The Hall–Kier alpha value is -2.72. The molecule has 3 aromatic rings. The van der Waals surface area contributed by atoms with Gasteiger partial charge in [-0.3, -0.25) is 4.79 Å². The van der Waals surface area contributed by atoms with E-state index in [2.05, 4.69) is 32.1 Å². The molecule has 0 saturated heterocycles. The van der Waals surface area contributed by atoms with Crippen LogP contribution in [0.3, 0.4) is 0 Å². The summed E-state index contributed by atoms with van der Waals surface area (Å²) >= 11 is 3.45.